The summed E-state index contributed by atoms with van der Waals surface area (Å²) < 4.78 is 27.1. The van der Waals surface area contributed by atoms with E-state index in [1.165, 1.54) is 11.3 Å². The van der Waals surface area contributed by atoms with Crippen LogP contribution in [0.2, 0.25) is 0 Å². The molecule has 1 atom stereocenters. The molecule has 0 saturated heterocycles. The second-order valence-electron chi connectivity index (χ2n) is 4.76. The third-order valence-electron chi connectivity index (χ3n) is 3.39. The van der Waals surface area contributed by atoms with Crippen molar-refractivity contribution in [3.05, 3.63) is 45.9 Å². The Balaban J connectivity index is 2.10. The lowest BCUT2D eigenvalue weighted by molar-refractivity contribution is 0.581. The standard InChI is InChI=1S/C14H19N3O2S2/c1-10(15-3)12-4-6-13(7-5-12)21(18,19)17-8-14-11(2)16-9-20-14/h4-7,9-10,15,17H,8H2,1-3H3. The van der Waals surface area contributed by atoms with E-state index in [2.05, 4.69) is 15.0 Å². The van der Waals surface area contributed by atoms with Gasteiger partial charge in [-0.05, 0) is 38.6 Å². The van der Waals surface area contributed by atoms with Crippen LogP contribution in [0.1, 0.15) is 29.1 Å². The minimum atomic E-state index is -3.49. The smallest absolute Gasteiger partial charge is 0.240 e. The predicted octanol–water partition coefficient (Wildman–Crippen LogP) is 2.21. The van der Waals surface area contributed by atoms with Gasteiger partial charge in [-0.2, -0.15) is 0 Å². The first-order valence-electron chi connectivity index (χ1n) is 6.60. The van der Waals surface area contributed by atoms with Gasteiger partial charge >= 0.3 is 0 Å². The van der Waals surface area contributed by atoms with E-state index in [1.807, 2.05) is 33.0 Å². The van der Waals surface area contributed by atoms with Crippen molar-refractivity contribution in [1.29, 1.82) is 0 Å². The highest BCUT2D eigenvalue weighted by Gasteiger charge is 2.15. The lowest BCUT2D eigenvalue weighted by atomic mass is 10.1. The third-order valence-corrected chi connectivity index (χ3v) is 5.74. The van der Waals surface area contributed by atoms with Gasteiger partial charge in [0.2, 0.25) is 10.0 Å². The van der Waals surface area contributed by atoms with E-state index < -0.39 is 10.0 Å². The van der Waals surface area contributed by atoms with Crippen molar-refractivity contribution in [2.75, 3.05) is 7.05 Å². The summed E-state index contributed by atoms with van der Waals surface area (Å²) >= 11 is 1.45. The first-order chi connectivity index (χ1) is 9.94. The van der Waals surface area contributed by atoms with E-state index >= 15 is 0 Å². The second-order valence-corrected chi connectivity index (χ2v) is 7.47. The van der Waals surface area contributed by atoms with Crippen molar-refractivity contribution < 1.29 is 8.42 Å². The molecule has 5 nitrogen and oxygen atoms in total. The maximum absolute atomic E-state index is 12.2. The number of hydrogen-bond donors (Lipinski definition) is 2. The Kier molecular flexibility index (Phi) is 5.10. The molecule has 0 amide bonds. The Labute approximate surface area is 129 Å². The van der Waals surface area contributed by atoms with Gasteiger partial charge in [-0.1, -0.05) is 12.1 Å². The normalized spacial score (nSPS) is 13.3. The summed E-state index contributed by atoms with van der Waals surface area (Å²) in [5.74, 6) is 0. The molecule has 7 heteroatoms. The zero-order valence-corrected chi connectivity index (χ0v) is 13.9. The van der Waals surface area contributed by atoms with Crippen LogP contribution in [0.25, 0.3) is 0 Å². The number of nitrogens with one attached hydrogen (secondary N) is 2. The van der Waals surface area contributed by atoms with Gasteiger partial charge in [0.05, 0.1) is 16.1 Å². The van der Waals surface area contributed by atoms with Crippen LogP contribution in [0.5, 0.6) is 0 Å². The second kappa shape index (κ2) is 6.65. The first-order valence-corrected chi connectivity index (χ1v) is 8.96. The SMILES string of the molecule is CNC(C)c1ccc(S(=O)(=O)NCc2scnc2C)cc1. The van der Waals surface area contributed by atoms with Gasteiger partial charge in [0.25, 0.3) is 0 Å². The molecule has 1 aromatic carbocycles. The number of hydrogen-bond acceptors (Lipinski definition) is 5. The number of rotatable bonds is 6. The predicted molar refractivity (Wildman–Crippen MR) is 84.8 cm³/mol. The number of thiazole rings is 1. The molecule has 0 spiro atoms. The highest BCUT2D eigenvalue weighted by atomic mass is 32.2. The van der Waals surface area contributed by atoms with Crippen LogP contribution in [-0.4, -0.2) is 20.4 Å². The van der Waals surface area contributed by atoms with Crippen molar-refractivity contribution in [2.24, 2.45) is 0 Å². The molecule has 21 heavy (non-hydrogen) atoms. The molecule has 0 fully saturated rings. The van der Waals surface area contributed by atoms with Crippen LogP contribution >= 0.6 is 11.3 Å². The highest BCUT2D eigenvalue weighted by Crippen LogP contribution is 2.17. The molecule has 1 unspecified atom stereocenters. The maximum atomic E-state index is 12.2. The molecule has 114 valence electrons. The van der Waals surface area contributed by atoms with E-state index in [1.54, 1.807) is 17.6 Å². The Morgan fingerprint density at radius 1 is 1.29 bits per heavy atom. The molecule has 2 aromatic rings. The fourth-order valence-corrected chi connectivity index (χ4v) is 3.65. The molecule has 1 heterocycles. The van der Waals surface area contributed by atoms with Crippen LogP contribution in [0, 0.1) is 6.92 Å². The molecule has 1 aromatic heterocycles. The van der Waals surface area contributed by atoms with E-state index in [-0.39, 0.29) is 17.5 Å². The summed E-state index contributed by atoms with van der Waals surface area (Å²) in [6.45, 7) is 4.16. The van der Waals surface area contributed by atoms with E-state index in [0.29, 0.717) is 0 Å². The Morgan fingerprint density at radius 3 is 2.48 bits per heavy atom. The van der Waals surface area contributed by atoms with Crippen LogP contribution in [0.4, 0.5) is 0 Å². The number of aromatic nitrogens is 1. The van der Waals surface area contributed by atoms with E-state index in [0.717, 1.165) is 16.1 Å². The van der Waals surface area contributed by atoms with Crippen molar-refractivity contribution in [3.8, 4) is 0 Å². The number of benzene rings is 1. The molecule has 2 rings (SSSR count). The molecule has 2 N–H and O–H groups in total. The van der Waals surface area contributed by atoms with Crippen molar-refractivity contribution >= 4 is 21.4 Å². The number of sulfonamides is 1. The number of aryl methyl sites for hydroxylation is 1. The van der Waals surface area contributed by atoms with Crippen molar-refractivity contribution in [2.45, 2.75) is 31.3 Å². The first kappa shape index (κ1) is 16.1. The van der Waals surface area contributed by atoms with Crippen LogP contribution in [0.15, 0.2) is 34.7 Å². The summed E-state index contributed by atoms with van der Waals surface area (Å²) in [5, 5.41) is 3.12. The van der Waals surface area contributed by atoms with Gasteiger partial charge in [-0.3, -0.25) is 0 Å². The molecule has 0 saturated carbocycles. The van der Waals surface area contributed by atoms with E-state index in [9.17, 15) is 8.42 Å². The fraction of sp³-hybridized carbons (Fsp3) is 0.357. The molecular formula is C14H19N3O2S2. The average molecular weight is 325 g/mol. The average Bonchev–Trinajstić information content (AvgIpc) is 2.90. The van der Waals surface area contributed by atoms with Gasteiger partial charge < -0.3 is 5.32 Å². The van der Waals surface area contributed by atoms with Gasteiger partial charge in [-0.15, -0.1) is 11.3 Å². The van der Waals surface area contributed by atoms with Gasteiger partial charge in [0.15, 0.2) is 0 Å². The lowest BCUT2D eigenvalue weighted by Gasteiger charge is -2.11. The van der Waals surface area contributed by atoms with Gasteiger partial charge in [-0.25, -0.2) is 18.1 Å². The molecular weight excluding hydrogens is 306 g/mol. The maximum Gasteiger partial charge on any atom is 0.240 e. The topological polar surface area (TPSA) is 71.1 Å². The van der Waals surface area contributed by atoms with Gasteiger partial charge in [0.1, 0.15) is 0 Å². The number of nitrogens with zero attached hydrogens (tertiary/aromatic N) is 1. The minimum absolute atomic E-state index is 0.189. The fourth-order valence-electron chi connectivity index (χ4n) is 1.84. The summed E-state index contributed by atoms with van der Waals surface area (Å²) in [6.07, 6.45) is 0. The largest absolute Gasteiger partial charge is 0.313 e. The lowest BCUT2D eigenvalue weighted by Crippen LogP contribution is -2.23. The zero-order valence-electron chi connectivity index (χ0n) is 12.3. The third kappa shape index (κ3) is 3.88. The van der Waals surface area contributed by atoms with Crippen LogP contribution in [-0.2, 0) is 16.6 Å². The van der Waals surface area contributed by atoms with Gasteiger partial charge in [0, 0.05) is 17.5 Å². The Hall–Kier alpha value is -1.28. The Morgan fingerprint density at radius 2 is 1.95 bits per heavy atom. The minimum Gasteiger partial charge on any atom is -0.313 e. The molecule has 0 aliphatic carbocycles. The monoisotopic (exact) mass is 325 g/mol. The summed E-state index contributed by atoms with van der Waals surface area (Å²) in [7, 11) is -1.62. The Bertz CT molecular complexity index is 693. The molecule has 0 bridgehead atoms. The zero-order chi connectivity index (χ0) is 15.5. The highest BCUT2D eigenvalue weighted by molar-refractivity contribution is 7.89. The summed E-state index contributed by atoms with van der Waals surface area (Å²) in [5.41, 5.74) is 3.63. The van der Waals surface area contributed by atoms with Crippen molar-refractivity contribution in [1.82, 2.24) is 15.0 Å². The summed E-state index contributed by atoms with van der Waals surface area (Å²) in [4.78, 5) is 5.31. The quantitative estimate of drug-likeness (QED) is 0.854. The van der Waals surface area contributed by atoms with Crippen LogP contribution in [0.3, 0.4) is 0 Å². The molecule has 0 aliphatic heterocycles. The molecule has 0 radical (unpaired) electrons. The molecule has 0 aliphatic rings. The van der Waals surface area contributed by atoms with Crippen LogP contribution < -0.4 is 10.0 Å². The summed E-state index contributed by atoms with van der Waals surface area (Å²) in [6, 6.07) is 7.10. The van der Waals surface area contributed by atoms with Crippen molar-refractivity contribution in [3.63, 3.8) is 0 Å². The van der Waals surface area contributed by atoms with E-state index in [4.69, 9.17) is 0 Å².